The van der Waals surface area contributed by atoms with Crippen molar-refractivity contribution in [3.05, 3.63) is 27.8 Å². The molecule has 1 rings (SSSR count). The number of hydrogen-bond donors (Lipinski definition) is 1. The third-order valence-electron chi connectivity index (χ3n) is 4.21. The number of carbonyl (C=O) groups is 2. The third-order valence-corrected chi connectivity index (χ3v) is 4.58. The van der Waals surface area contributed by atoms with Gasteiger partial charge in [-0.15, -0.1) is 0 Å². The van der Waals surface area contributed by atoms with Gasteiger partial charge < -0.3 is 19.0 Å². The summed E-state index contributed by atoms with van der Waals surface area (Å²) in [5.74, 6) is -1.19. The Morgan fingerprint density at radius 1 is 1.00 bits per heavy atom. The van der Waals surface area contributed by atoms with Crippen LogP contribution in [0.25, 0.3) is 0 Å². The summed E-state index contributed by atoms with van der Waals surface area (Å²) < 4.78 is 49.8. The Balaban J connectivity index is 3.27. The minimum atomic E-state index is -5.27. The van der Waals surface area contributed by atoms with Crippen LogP contribution in [-0.4, -0.2) is 39.6 Å². The molecule has 0 radical (unpaired) electrons. The third kappa shape index (κ3) is 7.62. The fourth-order valence-electron chi connectivity index (χ4n) is 2.94. The van der Waals surface area contributed by atoms with Gasteiger partial charge in [0, 0.05) is 6.54 Å². The minimum Gasteiger partial charge on any atom is -0.469 e. The summed E-state index contributed by atoms with van der Waals surface area (Å²) in [6, 6.07) is 0. The Morgan fingerprint density at radius 3 is 2.03 bits per heavy atom. The number of benzene rings is 1. The van der Waals surface area contributed by atoms with Crippen LogP contribution < -0.4 is 9.50 Å². The topological polar surface area (TPSA) is 108 Å². The lowest BCUT2D eigenvalue weighted by atomic mass is 9.90. The second kappa shape index (κ2) is 9.53. The molecule has 164 valence electrons. The zero-order valence-corrected chi connectivity index (χ0v) is 18.6. The molecule has 0 saturated heterocycles. The Bertz CT molecular complexity index is 889. The van der Waals surface area contributed by atoms with Crippen LogP contribution in [0.15, 0.2) is 0 Å². The summed E-state index contributed by atoms with van der Waals surface area (Å²) in [7, 11) is -4.04. The normalized spacial score (nSPS) is 11.9. The van der Waals surface area contributed by atoms with E-state index in [0.29, 0.717) is 27.8 Å². The molecule has 1 aromatic carbocycles. The highest BCUT2D eigenvalue weighted by molar-refractivity contribution is 7.81. The number of rotatable bonds is 8. The molecule has 0 fully saturated rings. The lowest BCUT2D eigenvalue weighted by Crippen LogP contribution is -2.31. The molecule has 29 heavy (non-hydrogen) atoms. The number of carbonyl (C=O) groups excluding carboxylic acids is 2. The van der Waals surface area contributed by atoms with Gasteiger partial charge in [-0.2, -0.15) is 8.42 Å². The van der Waals surface area contributed by atoms with Gasteiger partial charge in [-0.1, -0.05) is 3.89 Å². The number of nitrogens with one attached hydrogen (secondary N) is 1. The predicted molar refractivity (Wildman–Crippen MR) is 105 cm³/mol. The molecule has 1 aromatic rings. The van der Waals surface area contributed by atoms with Gasteiger partial charge in [-0.25, -0.2) is 0 Å². The van der Waals surface area contributed by atoms with Crippen LogP contribution in [0.2, 0.25) is 0 Å². The molecule has 0 heterocycles. The van der Waals surface area contributed by atoms with Crippen molar-refractivity contribution in [1.82, 2.24) is 5.32 Å². The van der Waals surface area contributed by atoms with Crippen molar-refractivity contribution >= 4 is 22.4 Å². The van der Waals surface area contributed by atoms with Crippen molar-refractivity contribution in [2.75, 3.05) is 13.7 Å². The van der Waals surface area contributed by atoms with Crippen LogP contribution in [0.1, 0.15) is 48.6 Å². The molecule has 0 unspecified atom stereocenters. The smallest absolute Gasteiger partial charge is 0.469 e. The summed E-state index contributed by atoms with van der Waals surface area (Å²) in [6.45, 7) is 10.2. The average molecular weight is 433 g/mol. The van der Waals surface area contributed by atoms with Crippen LogP contribution in [0, 0.1) is 20.8 Å². The van der Waals surface area contributed by atoms with Gasteiger partial charge in [0.15, 0.2) is 5.75 Å². The number of hydrogen-bond acceptors (Lipinski definition) is 8. The molecule has 0 bridgehead atoms. The summed E-state index contributed by atoms with van der Waals surface area (Å²) in [5, 5.41) is 2.92. The van der Waals surface area contributed by atoms with E-state index in [1.807, 2.05) is 0 Å². The zero-order chi connectivity index (χ0) is 22.6. The van der Waals surface area contributed by atoms with Crippen LogP contribution in [0.4, 0.5) is 3.89 Å². The molecule has 0 spiro atoms. The zero-order valence-electron chi connectivity index (χ0n) is 17.8. The van der Waals surface area contributed by atoms with Crippen LogP contribution in [0.3, 0.4) is 0 Å². The fraction of sp³-hybridized carbons (Fsp3) is 0.579. The van der Waals surface area contributed by atoms with Crippen molar-refractivity contribution < 1.29 is 35.5 Å². The van der Waals surface area contributed by atoms with Crippen molar-refractivity contribution in [3.63, 3.8) is 0 Å². The second-order valence-electron chi connectivity index (χ2n) is 7.58. The van der Waals surface area contributed by atoms with E-state index in [9.17, 15) is 21.9 Å². The summed E-state index contributed by atoms with van der Waals surface area (Å²) in [4.78, 5) is 23.7. The van der Waals surface area contributed by atoms with E-state index in [0.717, 1.165) is 0 Å². The van der Waals surface area contributed by atoms with Crippen molar-refractivity contribution in [3.8, 4) is 5.75 Å². The first-order valence-electron chi connectivity index (χ1n) is 8.91. The molecule has 0 aliphatic rings. The Labute approximate surface area is 171 Å². The molecular weight excluding hydrogens is 405 g/mol. The van der Waals surface area contributed by atoms with E-state index in [1.54, 1.807) is 34.6 Å². The highest BCUT2D eigenvalue weighted by atomic mass is 32.3. The maximum absolute atomic E-state index is 13.2. The number of esters is 2. The number of ether oxygens (including phenoxy) is 2. The minimum absolute atomic E-state index is 0.0893. The largest absolute Gasteiger partial charge is 0.488 e. The molecule has 0 saturated carbocycles. The number of methoxy groups -OCH3 is 1. The van der Waals surface area contributed by atoms with Crippen molar-refractivity contribution in [2.45, 2.75) is 60.1 Å². The van der Waals surface area contributed by atoms with Gasteiger partial charge in [0.1, 0.15) is 5.60 Å². The molecular formula is C19H28FNO7S. The molecule has 0 atom stereocenters. The maximum Gasteiger partial charge on any atom is 0.488 e. The predicted octanol–water partition coefficient (Wildman–Crippen LogP) is 2.35. The Kier molecular flexibility index (Phi) is 8.16. The SMILES string of the molecule is COC(=O)Cc1c(C)c(CNCC(=O)OC(C)(C)C)c(C)c(OS(=O)(=O)F)c1C. The quantitative estimate of drug-likeness (QED) is 0.492. The number of halogens is 1. The van der Waals surface area contributed by atoms with E-state index in [-0.39, 0.29) is 25.3 Å². The highest BCUT2D eigenvalue weighted by Gasteiger charge is 2.24. The molecule has 0 aliphatic carbocycles. The lowest BCUT2D eigenvalue weighted by Gasteiger charge is -2.22. The molecule has 8 nitrogen and oxygen atoms in total. The Morgan fingerprint density at radius 2 is 1.55 bits per heavy atom. The fourth-order valence-corrected chi connectivity index (χ4v) is 3.39. The lowest BCUT2D eigenvalue weighted by molar-refractivity contribution is -0.153. The molecule has 1 N–H and O–H groups in total. The monoisotopic (exact) mass is 433 g/mol. The summed E-state index contributed by atoms with van der Waals surface area (Å²) in [6.07, 6.45) is -0.143. The highest BCUT2D eigenvalue weighted by Crippen LogP contribution is 2.34. The first kappa shape index (κ1) is 24.8. The average Bonchev–Trinajstić information content (AvgIpc) is 2.56. The van der Waals surface area contributed by atoms with Gasteiger partial charge in [-0.3, -0.25) is 9.59 Å². The van der Waals surface area contributed by atoms with Crippen molar-refractivity contribution in [2.24, 2.45) is 0 Å². The van der Waals surface area contributed by atoms with Crippen LogP contribution in [-0.2, 0) is 42.5 Å². The van der Waals surface area contributed by atoms with E-state index < -0.39 is 28.0 Å². The summed E-state index contributed by atoms with van der Waals surface area (Å²) >= 11 is 0. The van der Waals surface area contributed by atoms with Gasteiger partial charge in [0.05, 0.1) is 20.1 Å². The molecule has 10 heteroatoms. The van der Waals surface area contributed by atoms with Gasteiger partial charge in [0.2, 0.25) is 0 Å². The van der Waals surface area contributed by atoms with Crippen LogP contribution >= 0.6 is 0 Å². The van der Waals surface area contributed by atoms with Gasteiger partial charge in [0.25, 0.3) is 0 Å². The Hall–Kier alpha value is -2.20. The van der Waals surface area contributed by atoms with E-state index in [2.05, 4.69) is 14.2 Å². The standard InChI is InChI=1S/C19H28FNO7S/c1-11-14(8-16(22)26-7)12(2)18(28-29(20,24)25)13(3)15(11)9-21-10-17(23)27-19(4,5)6/h21H,8-10H2,1-7H3. The van der Waals surface area contributed by atoms with Crippen molar-refractivity contribution in [1.29, 1.82) is 0 Å². The maximum atomic E-state index is 13.2. The summed E-state index contributed by atoms with van der Waals surface area (Å²) in [5.41, 5.74) is 1.81. The first-order chi connectivity index (χ1) is 13.2. The van der Waals surface area contributed by atoms with Gasteiger partial charge in [-0.05, 0) is 69.4 Å². The van der Waals surface area contributed by atoms with E-state index in [1.165, 1.54) is 14.0 Å². The van der Waals surface area contributed by atoms with Crippen LogP contribution in [0.5, 0.6) is 5.75 Å². The molecule has 0 aromatic heterocycles. The molecule has 0 aliphatic heterocycles. The van der Waals surface area contributed by atoms with Gasteiger partial charge >= 0.3 is 22.4 Å². The molecule has 0 amide bonds. The second-order valence-corrected chi connectivity index (χ2v) is 8.53. The first-order valence-corrected chi connectivity index (χ1v) is 10.2. The van der Waals surface area contributed by atoms with E-state index >= 15 is 0 Å². The van der Waals surface area contributed by atoms with E-state index in [4.69, 9.17) is 4.74 Å².